The average Bonchev–Trinajstić information content (AvgIpc) is 2.28. The fourth-order valence-electron chi connectivity index (χ4n) is 1.34. The Morgan fingerprint density at radius 2 is 1.81 bits per heavy atom. The lowest BCUT2D eigenvalue weighted by atomic mass is 9.78. The Hall–Kier alpha value is -1.78. The maximum absolute atomic E-state index is 11.1. The molecule has 0 spiro atoms. The minimum atomic E-state index is -0.894. The van der Waals surface area contributed by atoms with Gasteiger partial charge in [0.1, 0.15) is 0 Å². The van der Waals surface area contributed by atoms with Gasteiger partial charge in [0.15, 0.2) is 0 Å². The zero-order valence-electron chi connectivity index (χ0n) is 9.51. The van der Waals surface area contributed by atoms with Crippen LogP contribution in [0.3, 0.4) is 0 Å². The summed E-state index contributed by atoms with van der Waals surface area (Å²) in [5.41, 5.74) is -0.894. The van der Waals surface area contributed by atoms with E-state index >= 15 is 0 Å². The van der Waals surface area contributed by atoms with Crippen molar-refractivity contribution in [3.8, 4) is 0 Å². The van der Waals surface area contributed by atoms with Crippen LogP contribution in [-0.4, -0.2) is 29.2 Å². The Labute approximate surface area is 94.0 Å². The maximum atomic E-state index is 11.1. The van der Waals surface area contributed by atoms with Gasteiger partial charge in [-0.3, -0.25) is 9.69 Å². The molecule has 88 valence electrons. The molecule has 1 N–H and O–H groups in total. The third-order valence-corrected chi connectivity index (χ3v) is 2.68. The molecular weight excluding hydrogens is 210 g/mol. The minimum Gasteiger partial charge on any atom is -0.481 e. The molecule has 0 atom stereocenters. The van der Waals surface area contributed by atoms with Crippen molar-refractivity contribution < 1.29 is 19.4 Å². The lowest BCUT2D eigenvalue weighted by Gasteiger charge is -2.28. The second kappa shape index (κ2) is 4.38. The Bertz CT molecular complexity index is 343. The number of amides is 1. The number of carboxylic acids is 1. The first kappa shape index (κ1) is 12.3. The molecule has 1 aliphatic rings. The van der Waals surface area contributed by atoms with Crippen molar-refractivity contribution in [1.29, 1.82) is 0 Å². The predicted molar refractivity (Wildman–Crippen MR) is 57.4 cm³/mol. The van der Waals surface area contributed by atoms with Gasteiger partial charge in [-0.25, -0.2) is 4.79 Å². The number of carboxylic acid groups (broad SMARTS) is 1. The smallest absolute Gasteiger partial charge is 0.417 e. The van der Waals surface area contributed by atoms with Gasteiger partial charge in [-0.2, -0.15) is 0 Å². The van der Waals surface area contributed by atoms with Crippen molar-refractivity contribution in [2.24, 2.45) is 11.3 Å². The molecule has 16 heavy (non-hydrogen) atoms. The van der Waals surface area contributed by atoms with Gasteiger partial charge in [0.05, 0.1) is 12.5 Å². The van der Waals surface area contributed by atoms with E-state index in [2.05, 4.69) is 4.74 Å². The fraction of sp³-hybridized carbons (Fsp3) is 0.455. The van der Waals surface area contributed by atoms with Gasteiger partial charge in [-0.1, -0.05) is 12.2 Å². The SMILES string of the molecule is COC(=O)N1C=CC(C(C)(C)C(=O)O)C=C1. The van der Waals surface area contributed by atoms with E-state index in [9.17, 15) is 9.59 Å². The van der Waals surface area contributed by atoms with Gasteiger partial charge < -0.3 is 9.84 Å². The molecule has 0 aromatic carbocycles. The second-order valence-electron chi connectivity index (χ2n) is 4.11. The van der Waals surface area contributed by atoms with Crippen LogP contribution in [0, 0.1) is 11.3 Å². The van der Waals surface area contributed by atoms with Crippen molar-refractivity contribution in [3.63, 3.8) is 0 Å². The van der Waals surface area contributed by atoms with Gasteiger partial charge in [-0.05, 0) is 13.8 Å². The number of allylic oxidation sites excluding steroid dienone is 2. The molecule has 0 saturated carbocycles. The molecule has 0 fully saturated rings. The second-order valence-corrected chi connectivity index (χ2v) is 4.11. The molecule has 0 bridgehead atoms. The lowest BCUT2D eigenvalue weighted by Crippen LogP contribution is -2.33. The van der Waals surface area contributed by atoms with Crippen LogP contribution in [0.5, 0.6) is 0 Å². The highest BCUT2D eigenvalue weighted by Crippen LogP contribution is 2.31. The summed E-state index contributed by atoms with van der Waals surface area (Å²) in [6, 6.07) is 0. The average molecular weight is 225 g/mol. The van der Waals surface area contributed by atoms with Gasteiger partial charge in [0.2, 0.25) is 0 Å². The summed E-state index contributed by atoms with van der Waals surface area (Å²) >= 11 is 0. The van der Waals surface area contributed by atoms with Crippen LogP contribution in [0.1, 0.15) is 13.8 Å². The summed E-state index contributed by atoms with van der Waals surface area (Å²) < 4.78 is 4.53. The van der Waals surface area contributed by atoms with Crippen molar-refractivity contribution in [3.05, 3.63) is 24.6 Å². The Kier molecular flexibility index (Phi) is 3.37. The molecular formula is C11H15NO4. The molecule has 1 rings (SSSR count). The van der Waals surface area contributed by atoms with Gasteiger partial charge >= 0.3 is 12.1 Å². The number of aliphatic carboxylic acids is 1. The maximum Gasteiger partial charge on any atom is 0.417 e. The van der Waals surface area contributed by atoms with Crippen LogP contribution in [-0.2, 0) is 9.53 Å². The molecule has 5 heteroatoms. The predicted octanol–water partition coefficient (Wildman–Crippen LogP) is 1.82. The van der Waals surface area contributed by atoms with Crippen LogP contribution < -0.4 is 0 Å². The van der Waals surface area contributed by atoms with Crippen LogP contribution in [0.15, 0.2) is 24.6 Å². The van der Waals surface area contributed by atoms with Crippen LogP contribution >= 0.6 is 0 Å². The number of nitrogens with zero attached hydrogens (tertiary/aromatic N) is 1. The van der Waals surface area contributed by atoms with E-state index in [-0.39, 0.29) is 5.92 Å². The van der Waals surface area contributed by atoms with Gasteiger partial charge in [0.25, 0.3) is 0 Å². The van der Waals surface area contributed by atoms with E-state index in [1.165, 1.54) is 24.4 Å². The third kappa shape index (κ3) is 2.24. The molecule has 0 saturated heterocycles. The van der Waals surface area contributed by atoms with Crippen molar-refractivity contribution in [2.45, 2.75) is 13.8 Å². The third-order valence-electron chi connectivity index (χ3n) is 2.68. The molecule has 0 aliphatic carbocycles. The van der Waals surface area contributed by atoms with E-state index in [0.717, 1.165) is 0 Å². The summed E-state index contributed by atoms with van der Waals surface area (Å²) in [5, 5.41) is 9.04. The number of hydrogen-bond acceptors (Lipinski definition) is 3. The van der Waals surface area contributed by atoms with Crippen LogP contribution in [0.25, 0.3) is 0 Å². The Balaban J connectivity index is 2.77. The summed E-state index contributed by atoms with van der Waals surface area (Å²) in [4.78, 5) is 23.4. The zero-order valence-corrected chi connectivity index (χ0v) is 9.51. The number of ether oxygens (including phenoxy) is 1. The van der Waals surface area contributed by atoms with Crippen molar-refractivity contribution >= 4 is 12.1 Å². The van der Waals surface area contributed by atoms with Crippen molar-refractivity contribution in [2.75, 3.05) is 7.11 Å². The number of methoxy groups -OCH3 is 1. The van der Waals surface area contributed by atoms with Gasteiger partial charge in [0, 0.05) is 18.3 Å². The highest BCUT2D eigenvalue weighted by atomic mass is 16.5. The monoisotopic (exact) mass is 225 g/mol. The number of carbonyl (C=O) groups is 2. The number of rotatable bonds is 2. The number of hydrogen-bond donors (Lipinski definition) is 1. The fourth-order valence-corrected chi connectivity index (χ4v) is 1.34. The van der Waals surface area contributed by atoms with E-state index in [1.54, 1.807) is 26.0 Å². The highest BCUT2D eigenvalue weighted by molar-refractivity contribution is 5.75. The van der Waals surface area contributed by atoms with E-state index < -0.39 is 17.5 Å². The molecule has 5 nitrogen and oxygen atoms in total. The summed E-state index contributed by atoms with van der Waals surface area (Å²) in [6.07, 6.45) is 5.87. The molecule has 1 amide bonds. The van der Waals surface area contributed by atoms with Crippen LogP contribution in [0.2, 0.25) is 0 Å². The first-order chi connectivity index (χ1) is 7.39. The Morgan fingerprint density at radius 3 is 2.19 bits per heavy atom. The molecule has 0 unspecified atom stereocenters. The molecule has 1 heterocycles. The standard InChI is InChI=1S/C11H15NO4/c1-11(2,9(13)14)8-4-6-12(7-5-8)10(15)16-3/h4-8H,1-3H3,(H,13,14). The van der Waals surface area contributed by atoms with Gasteiger partial charge in [-0.15, -0.1) is 0 Å². The zero-order chi connectivity index (χ0) is 12.3. The molecule has 0 aromatic rings. The quantitative estimate of drug-likeness (QED) is 0.778. The molecule has 0 radical (unpaired) electrons. The lowest BCUT2D eigenvalue weighted by molar-refractivity contribution is -0.148. The first-order valence-corrected chi connectivity index (χ1v) is 4.86. The Morgan fingerprint density at radius 1 is 1.31 bits per heavy atom. The van der Waals surface area contributed by atoms with E-state index in [4.69, 9.17) is 5.11 Å². The normalized spacial score (nSPS) is 16.3. The highest BCUT2D eigenvalue weighted by Gasteiger charge is 2.35. The van der Waals surface area contributed by atoms with Crippen LogP contribution in [0.4, 0.5) is 4.79 Å². The summed E-state index contributed by atoms with van der Waals surface area (Å²) in [6.45, 7) is 3.28. The summed E-state index contributed by atoms with van der Waals surface area (Å²) in [7, 11) is 1.29. The number of carbonyl (C=O) groups excluding carboxylic acids is 1. The first-order valence-electron chi connectivity index (χ1n) is 4.86. The van der Waals surface area contributed by atoms with E-state index in [0.29, 0.717) is 0 Å². The topological polar surface area (TPSA) is 66.8 Å². The minimum absolute atomic E-state index is 0.245. The largest absolute Gasteiger partial charge is 0.481 e. The molecule has 0 aromatic heterocycles. The summed E-state index contributed by atoms with van der Waals surface area (Å²) in [5.74, 6) is -1.12. The molecule has 1 aliphatic heterocycles. The van der Waals surface area contributed by atoms with E-state index in [1.807, 2.05) is 0 Å². The van der Waals surface area contributed by atoms with Crippen molar-refractivity contribution in [1.82, 2.24) is 4.90 Å².